The van der Waals surface area contributed by atoms with Gasteiger partial charge >= 0.3 is 0 Å². The first-order valence-electron chi connectivity index (χ1n) is 4.57. The molecular formula is C10H12N4O. The second kappa shape index (κ2) is 3.27. The number of nitrogens with zero attached hydrogens (tertiary/aromatic N) is 2. The van der Waals surface area contributed by atoms with Crippen LogP contribution < -0.4 is 5.73 Å². The Hall–Kier alpha value is -2.04. The summed E-state index contributed by atoms with van der Waals surface area (Å²) in [6, 6.07) is 3.51. The highest BCUT2D eigenvalue weighted by Crippen LogP contribution is 2.17. The molecule has 0 saturated heterocycles. The van der Waals surface area contributed by atoms with Crippen molar-refractivity contribution in [2.45, 2.75) is 6.92 Å². The van der Waals surface area contributed by atoms with Crippen LogP contribution >= 0.6 is 0 Å². The minimum absolute atomic E-state index is 0.438. The number of aromatic nitrogens is 3. The van der Waals surface area contributed by atoms with Crippen molar-refractivity contribution in [2.24, 2.45) is 12.8 Å². The molecule has 0 fully saturated rings. The Labute approximate surface area is 86.9 Å². The molecule has 2 heterocycles. The molecule has 3 N–H and O–H groups in total. The van der Waals surface area contributed by atoms with Gasteiger partial charge in [0.15, 0.2) is 5.82 Å². The summed E-state index contributed by atoms with van der Waals surface area (Å²) < 4.78 is 1.72. The van der Waals surface area contributed by atoms with Gasteiger partial charge in [-0.15, -0.1) is 0 Å². The number of hydrogen-bond acceptors (Lipinski definition) is 2. The topological polar surface area (TPSA) is 76.7 Å². The average Bonchev–Trinajstić information content (AvgIpc) is 2.71. The number of H-pyrrole nitrogens is 1. The van der Waals surface area contributed by atoms with Crippen LogP contribution in [-0.2, 0) is 7.05 Å². The van der Waals surface area contributed by atoms with Crippen molar-refractivity contribution in [3.63, 3.8) is 0 Å². The predicted molar refractivity (Wildman–Crippen MR) is 56.2 cm³/mol. The third kappa shape index (κ3) is 1.52. The van der Waals surface area contributed by atoms with Gasteiger partial charge in [0.1, 0.15) is 5.69 Å². The Bertz CT molecular complexity index is 509. The number of carbonyl (C=O) groups is 1. The van der Waals surface area contributed by atoms with Crippen LogP contribution in [0, 0.1) is 6.92 Å². The Morgan fingerprint density at radius 2 is 2.27 bits per heavy atom. The van der Waals surface area contributed by atoms with E-state index in [9.17, 15) is 4.79 Å². The van der Waals surface area contributed by atoms with Crippen LogP contribution in [0.4, 0.5) is 0 Å². The van der Waals surface area contributed by atoms with Gasteiger partial charge in [-0.3, -0.25) is 4.79 Å². The normalized spacial score (nSPS) is 10.5. The molecule has 0 saturated carbocycles. The molecule has 0 aromatic carbocycles. The lowest BCUT2D eigenvalue weighted by atomic mass is 10.4. The number of nitrogens with two attached hydrogens (primary N) is 1. The minimum Gasteiger partial charge on any atom is -0.364 e. The van der Waals surface area contributed by atoms with E-state index in [0.29, 0.717) is 5.69 Å². The molecule has 0 radical (unpaired) electrons. The Morgan fingerprint density at radius 1 is 1.53 bits per heavy atom. The number of aromatic amines is 1. The molecule has 2 aromatic heterocycles. The van der Waals surface area contributed by atoms with E-state index in [1.165, 1.54) is 0 Å². The summed E-state index contributed by atoms with van der Waals surface area (Å²) in [4.78, 5) is 18.3. The van der Waals surface area contributed by atoms with Crippen molar-refractivity contribution >= 4 is 5.91 Å². The zero-order valence-corrected chi connectivity index (χ0v) is 8.61. The van der Waals surface area contributed by atoms with Gasteiger partial charge in [-0.05, 0) is 19.1 Å². The number of amides is 1. The summed E-state index contributed by atoms with van der Waals surface area (Å²) in [5.74, 6) is 0.300. The van der Waals surface area contributed by atoms with E-state index in [2.05, 4.69) is 9.97 Å². The molecular weight excluding hydrogens is 192 g/mol. The van der Waals surface area contributed by atoms with Crippen molar-refractivity contribution in [3.05, 3.63) is 29.7 Å². The van der Waals surface area contributed by atoms with E-state index >= 15 is 0 Å². The first kappa shape index (κ1) is 9.51. The van der Waals surface area contributed by atoms with Crippen molar-refractivity contribution in [3.8, 4) is 11.5 Å². The number of carbonyl (C=O) groups excluding carboxylic acids is 1. The van der Waals surface area contributed by atoms with Gasteiger partial charge in [0, 0.05) is 18.9 Å². The zero-order chi connectivity index (χ0) is 11.0. The van der Waals surface area contributed by atoms with Crippen molar-refractivity contribution < 1.29 is 4.79 Å². The summed E-state index contributed by atoms with van der Waals surface area (Å²) in [5, 5.41) is 0. The van der Waals surface area contributed by atoms with Gasteiger partial charge in [-0.2, -0.15) is 0 Å². The highest BCUT2D eigenvalue weighted by molar-refractivity contribution is 5.92. The van der Waals surface area contributed by atoms with E-state index in [0.717, 1.165) is 17.2 Å². The molecule has 0 aliphatic carbocycles. The third-order valence-electron chi connectivity index (χ3n) is 2.32. The molecule has 5 nitrogen and oxygen atoms in total. The van der Waals surface area contributed by atoms with Crippen LogP contribution in [-0.4, -0.2) is 20.4 Å². The highest BCUT2D eigenvalue weighted by atomic mass is 16.1. The van der Waals surface area contributed by atoms with Crippen molar-refractivity contribution in [1.29, 1.82) is 0 Å². The van der Waals surface area contributed by atoms with E-state index < -0.39 is 5.91 Å². The summed E-state index contributed by atoms with van der Waals surface area (Å²) in [6.07, 6.45) is 1.74. The van der Waals surface area contributed by atoms with Gasteiger partial charge in [0.25, 0.3) is 5.91 Å². The van der Waals surface area contributed by atoms with Crippen LogP contribution in [0.15, 0.2) is 18.3 Å². The smallest absolute Gasteiger partial charge is 0.265 e. The second-order valence-electron chi connectivity index (χ2n) is 3.44. The Kier molecular flexibility index (Phi) is 2.07. The summed E-state index contributed by atoms with van der Waals surface area (Å²) in [5.41, 5.74) is 7.52. The van der Waals surface area contributed by atoms with Gasteiger partial charge in [0.2, 0.25) is 0 Å². The summed E-state index contributed by atoms with van der Waals surface area (Å²) in [7, 11) is 1.78. The lowest BCUT2D eigenvalue weighted by molar-refractivity contribution is 0.0993. The van der Waals surface area contributed by atoms with E-state index in [1.807, 2.05) is 13.0 Å². The van der Waals surface area contributed by atoms with Crippen molar-refractivity contribution in [2.75, 3.05) is 0 Å². The average molecular weight is 204 g/mol. The fraction of sp³-hybridized carbons (Fsp3) is 0.200. The van der Waals surface area contributed by atoms with Crippen LogP contribution in [0.5, 0.6) is 0 Å². The lowest BCUT2D eigenvalue weighted by Crippen LogP contribution is -2.15. The van der Waals surface area contributed by atoms with Gasteiger partial charge in [-0.1, -0.05) is 0 Å². The molecule has 0 unspecified atom stereocenters. The van der Waals surface area contributed by atoms with Crippen molar-refractivity contribution in [1.82, 2.24) is 14.5 Å². The molecule has 0 bridgehead atoms. The largest absolute Gasteiger partial charge is 0.364 e. The maximum absolute atomic E-state index is 11.0. The minimum atomic E-state index is -0.438. The fourth-order valence-corrected chi connectivity index (χ4v) is 1.54. The number of nitrogens with one attached hydrogen (secondary N) is 1. The summed E-state index contributed by atoms with van der Waals surface area (Å²) in [6.45, 7) is 1.93. The molecule has 15 heavy (non-hydrogen) atoms. The van der Waals surface area contributed by atoms with Crippen LogP contribution in [0.25, 0.3) is 11.5 Å². The maximum Gasteiger partial charge on any atom is 0.265 e. The van der Waals surface area contributed by atoms with Crippen LogP contribution in [0.2, 0.25) is 0 Å². The van der Waals surface area contributed by atoms with Crippen LogP contribution in [0.3, 0.4) is 0 Å². The molecule has 2 rings (SSSR count). The Balaban J connectivity index is 2.50. The standard InChI is InChI=1S/C10H12N4O/c1-6-5-12-10(13-6)8-4-3-7(9(11)15)14(8)2/h3-5H,1-2H3,(H2,11,15)(H,12,13). The number of aryl methyl sites for hydroxylation is 1. The second-order valence-corrected chi connectivity index (χ2v) is 3.44. The molecule has 2 aromatic rings. The number of hydrogen-bond donors (Lipinski definition) is 2. The zero-order valence-electron chi connectivity index (χ0n) is 8.61. The number of rotatable bonds is 2. The molecule has 0 aliphatic heterocycles. The molecule has 78 valence electrons. The number of imidazole rings is 1. The molecule has 5 heteroatoms. The monoisotopic (exact) mass is 204 g/mol. The quantitative estimate of drug-likeness (QED) is 0.759. The molecule has 1 amide bonds. The molecule has 0 spiro atoms. The van der Waals surface area contributed by atoms with Gasteiger partial charge in [-0.25, -0.2) is 4.98 Å². The Morgan fingerprint density at radius 3 is 2.73 bits per heavy atom. The molecule has 0 aliphatic rings. The summed E-state index contributed by atoms with van der Waals surface area (Å²) >= 11 is 0. The first-order valence-corrected chi connectivity index (χ1v) is 4.57. The van der Waals surface area contributed by atoms with E-state index in [4.69, 9.17) is 5.73 Å². The lowest BCUT2D eigenvalue weighted by Gasteiger charge is -2.02. The number of primary amides is 1. The van der Waals surface area contributed by atoms with E-state index in [1.54, 1.807) is 23.9 Å². The first-order chi connectivity index (χ1) is 7.09. The molecule has 0 atom stereocenters. The SMILES string of the molecule is Cc1cnc(-c2ccc(C(N)=O)n2C)[nH]1. The van der Waals surface area contributed by atoms with Gasteiger partial charge in [0.05, 0.1) is 5.69 Å². The predicted octanol–water partition coefficient (Wildman–Crippen LogP) is 0.823. The van der Waals surface area contributed by atoms with Crippen LogP contribution in [0.1, 0.15) is 16.2 Å². The highest BCUT2D eigenvalue weighted by Gasteiger charge is 2.12. The third-order valence-corrected chi connectivity index (χ3v) is 2.32. The van der Waals surface area contributed by atoms with E-state index in [-0.39, 0.29) is 0 Å². The van der Waals surface area contributed by atoms with Gasteiger partial charge < -0.3 is 15.3 Å². The fourth-order valence-electron chi connectivity index (χ4n) is 1.54. The maximum atomic E-state index is 11.0.